The fourth-order valence-electron chi connectivity index (χ4n) is 4.10. The smallest absolute Gasteiger partial charge is 0.318 e. The van der Waals surface area contributed by atoms with Gasteiger partial charge in [0.05, 0.1) is 33.3 Å². The van der Waals surface area contributed by atoms with E-state index in [0.29, 0.717) is 85.7 Å². The van der Waals surface area contributed by atoms with E-state index in [0.717, 1.165) is 0 Å². The lowest BCUT2D eigenvalue weighted by atomic mass is 10.5. The second kappa shape index (κ2) is 9.43. The number of hydrogen-bond donors (Lipinski definition) is 4. The van der Waals surface area contributed by atoms with Crippen molar-refractivity contribution in [2.45, 2.75) is 0 Å². The maximum atomic E-state index is 12.1. The van der Waals surface area contributed by atoms with Gasteiger partial charge >= 0.3 is 24.1 Å². The van der Waals surface area contributed by atoms with E-state index >= 15 is 0 Å². The standard InChI is InChI=1S/C17H30N10O4/c28-14-18-1-5-24(14)10-22(11-25-6-2-19-15(25)29)9-23(12-26-7-3-20-16(26)30)13-27-8-4-21-17(27)31/h1-13H2,(H,18,28)(H,19,29)(H,20,30)(H,21,31). The van der Waals surface area contributed by atoms with Crippen LogP contribution in [-0.2, 0) is 0 Å². The van der Waals surface area contributed by atoms with Gasteiger partial charge in [-0.25, -0.2) is 19.2 Å². The minimum atomic E-state index is -0.139. The molecule has 4 aliphatic rings. The number of amides is 8. The van der Waals surface area contributed by atoms with Gasteiger partial charge in [-0.1, -0.05) is 0 Å². The third kappa shape index (κ3) is 5.19. The minimum absolute atomic E-state index is 0.139. The average molecular weight is 438 g/mol. The van der Waals surface area contributed by atoms with Crippen molar-refractivity contribution in [2.75, 3.05) is 85.7 Å². The molecule has 0 radical (unpaired) electrons. The quantitative estimate of drug-likeness (QED) is 0.278. The first-order chi connectivity index (χ1) is 15.0. The second-order valence-electron chi connectivity index (χ2n) is 8.03. The van der Waals surface area contributed by atoms with Crippen LogP contribution < -0.4 is 21.3 Å². The molecule has 0 atom stereocenters. The summed E-state index contributed by atoms with van der Waals surface area (Å²) in [7, 11) is 0. The van der Waals surface area contributed by atoms with Crippen LogP contribution in [0.1, 0.15) is 0 Å². The van der Waals surface area contributed by atoms with Gasteiger partial charge in [-0.05, 0) is 0 Å². The van der Waals surface area contributed by atoms with Gasteiger partial charge in [0, 0.05) is 52.4 Å². The molecule has 172 valence electrons. The van der Waals surface area contributed by atoms with Crippen molar-refractivity contribution >= 4 is 24.1 Å². The Labute approximate surface area is 180 Å². The van der Waals surface area contributed by atoms with Gasteiger partial charge in [-0.2, -0.15) is 0 Å². The average Bonchev–Trinajstić information content (AvgIpc) is 3.51. The monoisotopic (exact) mass is 438 g/mol. The summed E-state index contributed by atoms with van der Waals surface area (Å²) in [4.78, 5) is 59.1. The maximum absolute atomic E-state index is 12.1. The molecule has 0 bridgehead atoms. The topological polar surface area (TPSA) is 136 Å². The number of hydrogen-bond acceptors (Lipinski definition) is 6. The van der Waals surface area contributed by atoms with Crippen molar-refractivity contribution in [1.29, 1.82) is 0 Å². The van der Waals surface area contributed by atoms with Gasteiger partial charge in [0.15, 0.2) is 0 Å². The Morgan fingerprint density at radius 2 is 0.774 bits per heavy atom. The van der Waals surface area contributed by atoms with Crippen LogP contribution in [0, 0.1) is 0 Å². The van der Waals surface area contributed by atoms with E-state index in [1.165, 1.54) is 0 Å². The summed E-state index contributed by atoms with van der Waals surface area (Å²) >= 11 is 0. The van der Waals surface area contributed by atoms with Crippen LogP contribution in [-0.4, -0.2) is 139 Å². The van der Waals surface area contributed by atoms with Gasteiger partial charge < -0.3 is 40.9 Å². The van der Waals surface area contributed by atoms with E-state index in [1.807, 2.05) is 9.80 Å². The first kappa shape index (κ1) is 21.2. The molecule has 0 saturated carbocycles. The van der Waals surface area contributed by atoms with Crippen LogP contribution in [0.3, 0.4) is 0 Å². The summed E-state index contributed by atoms with van der Waals surface area (Å²) in [5.74, 6) is 0. The molecule has 31 heavy (non-hydrogen) atoms. The molecule has 8 amide bonds. The zero-order chi connectivity index (χ0) is 21.8. The lowest BCUT2D eigenvalue weighted by Crippen LogP contribution is -2.54. The van der Waals surface area contributed by atoms with Crippen molar-refractivity contribution in [1.82, 2.24) is 50.7 Å². The van der Waals surface area contributed by atoms with E-state index in [2.05, 4.69) is 21.3 Å². The van der Waals surface area contributed by atoms with Crippen molar-refractivity contribution in [3.05, 3.63) is 0 Å². The normalized spacial score (nSPS) is 21.5. The summed E-state index contributed by atoms with van der Waals surface area (Å²) in [5.41, 5.74) is 0. The fraction of sp³-hybridized carbons (Fsp3) is 0.765. The van der Waals surface area contributed by atoms with Crippen LogP contribution in [0.4, 0.5) is 19.2 Å². The Kier molecular flexibility index (Phi) is 6.46. The van der Waals surface area contributed by atoms with E-state index in [-0.39, 0.29) is 24.1 Å². The second-order valence-corrected chi connectivity index (χ2v) is 8.03. The number of urea groups is 4. The summed E-state index contributed by atoms with van der Waals surface area (Å²) in [6, 6.07) is -0.555. The molecule has 0 aromatic heterocycles. The van der Waals surface area contributed by atoms with Crippen LogP contribution in [0.25, 0.3) is 0 Å². The zero-order valence-electron chi connectivity index (χ0n) is 17.5. The van der Waals surface area contributed by atoms with Gasteiger partial charge in [-0.3, -0.25) is 9.80 Å². The molecule has 4 heterocycles. The van der Waals surface area contributed by atoms with Gasteiger partial charge in [-0.15, -0.1) is 0 Å². The highest BCUT2D eigenvalue weighted by atomic mass is 16.2. The Bertz CT molecular complexity index is 607. The summed E-state index contributed by atoms with van der Waals surface area (Å²) in [5, 5.41) is 11.2. The SMILES string of the molecule is O=C1NCCN1CN(CN(CN1CCNC1=O)CN1CCNC1=O)CN1CCNC1=O. The highest BCUT2D eigenvalue weighted by Crippen LogP contribution is 2.09. The Hall–Kier alpha value is -3.00. The highest BCUT2D eigenvalue weighted by Gasteiger charge is 2.30. The first-order valence-electron chi connectivity index (χ1n) is 10.6. The number of nitrogens with zero attached hydrogens (tertiary/aromatic N) is 6. The molecule has 0 aliphatic carbocycles. The number of nitrogens with one attached hydrogen (secondary N) is 4. The maximum Gasteiger partial charge on any atom is 0.318 e. The number of carbonyl (C=O) groups is 4. The van der Waals surface area contributed by atoms with Crippen LogP contribution in [0.2, 0.25) is 0 Å². The summed E-state index contributed by atoms with van der Waals surface area (Å²) < 4.78 is 0. The van der Waals surface area contributed by atoms with Crippen molar-refractivity contribution < 1.29 is 19.2 Å². The molecule has 0 aromatic rings. The van der Waals surface area contributed by atoms with E-state index in [9.17, 15) is 19.2 Å². The molecule has 0 unspecified atom stereocenters. The Balaban J connectivity index is 1.46. The largest absolute Gasteiger partial charge is 0.336 e. The lowest BCUT2D eigenvalue weighted by molar-refractivity contribution is 0.0199. The van der Waals surface area contributed by atoms with Crippen LogP contribution >= 0.6 is 0 Å². The van der Waals surface area contributed by atoms with Crippen molar-refractivity contribution in [3.63, 3.8) is 0 Å². The molecule has 4 fully saturated rings. The Morgan fingerprint density at radius 1 is 0.516 bits per heavy atom. The molecule has 4 N–H and O–H groups in total. The Morgan fingerprint density at radius 3 is 0.968 bits per heavy atom. The molecule has 14 heteroatoms. The third-order valence-corrected chi connectivity index (χ3v) is 5.66. The number of carbonyl (C=O) groups excluding carboxylic acids is 4. The van der Waals surface area contributed by atoms with Gasteiger partial charge in [0.2, 0.25) is 0 Å². The third-order valence-electron chi connectivity index (χ3n) is 5.66. The van der Waals surface area contributed by atoms with Crippen molar-refractivity contribution in [2.24, 2.45) is 0 Å². The summed E-state index contributed by atoms with van der Waals surface area (Å²) in [6.07, 6.45) is 0. The van der Waals surface area contributed by atoms with Gasteiger partial charge in [0.1, 0.15) is 0 Å². The molecule has 0 spiro atoms. The van der Waals surface area contributed by atoms with Crippen LogP contribution in [0.15, 0.2) is 0 Å². The number of rotatable bonds is 10. The minimum Gasteiger partial charge on any atom is -0.336 e. The van der Waals surface area contributed by atoms with Crippen molar-refractivity contribution in [3.8, 4) is 0 Å². The zero-order valence-corrected chi connectivity index (χ0v) is 17.5. The summed E-state index contributed by atoms with van der Waals surface area (Å²) in [6.45, 7) is 6.42. The predicted molar refractivity (Wildman–Crippen MR) is 108 cm³/mol. The molecule has 4 saturated heterocycles. The van der Waals surface area contributed by atoms with E-state index < -0.39 is 0 Å². The predicted octanol–water partition coefficient (Wildman–Crippen LogP) is -2.52. The van der Waals surface area contributed by atoms with E-state index in [4.69, 9.17) is 0 Å². The molecular weight excluding hydrogens is 408 g/mol. The molecular formula is C17H30N10O4. The molecule has 0 aromatic carbocycles. The molecule has 14 nitrogen and oxygen atoms in total. The van der Waals surface area contributed by atoms with E-state index in [1.54, 1.807) is 19.6 Å². The van der Waals surface area contributed by atoms with Crippen LogP contribution in [0.5, 0.6) is 0 Å². The highest BCUT2D eigenvalue weighted by molar-refractivity contribution is 5.77. The lowest BCUT2D eigenvalue weighted by Gasteiger charge is -2.37. The first-order valence-corrected chi connectivity index (χ1v) is 10.6. The van der Waals surface area contributed by atoms with Gasteiger partial charge in [0.25, 0.3) is 0 Å². The fourth-order valence-corrected chi connectivity index (χ4v) is 4.10. The molecule has 4 aliphatic heterocycles. The molecule has 4 rings (SSSR count).